The summed E-state index contributed by atoms with van der Waals surface area (Å²) >= 11 is 0. The molecular formula is C54H34N4. The van der Waals surface area contributed by atoms with Gasteiger partial charge < -0.3 is 9.13 Å². The molecule has 0 spiro atoms. The standard InChI is InChI=1S/C54H34N4/c1-2-16-37(17-3-1)46-34-47(42-24-12-18-35-14-4-6-20-40(35)42)56-54(55-46)38-28-30-39(31-29-38)57-49-25-10-8-22-43(49)44-32-33-51-52(53(44)57)45-23-9-11-26-50(45)58(51)48-27-13-19-36-15-5-7-21-41(36)48/h1-34H. The van der Waals surface area contributed by atoms with Gasteiger partial charge in [-0.05, 0) is 70.8 Å². The maximum Gasteiger partial charge on any atom is 0.160 e. The molecule has 4 heteroatoms. The summed E-state index contributed by atoms with van der Waals surface area (Å²) < 4.78 is 4.89. The Morgan fingerprint density at radius 1 is 0.345 bits per heavy atom. The highest BCUT2D eigenvalue weighted by Gasteiger charge is 2.22. The molecule has 0 atom stereocenters. The van der Waals surface area contributed by atoms with Crippen LogP contribution in [0.25, 0.3) is 110 Å². The molecule has 3 aromatic heterocycles. The second-order valence-electron chi connectivity index (χ2n) is 15.0. The first-order chi connectivity index (χ1) is 28.8. The third-order valence-electron chi connectivity index (χ3n) is 11.7. The summed E-state index contributed by atoms with van der Waals surface area (Å²) in [7, 11) is 0. The zero-order chi connectivity index (χ0) is 38.2. The minimum absolute atomic E-state index is 0.693. The summed E-state index contributed by atoms with van der Waals surface area (Å²) in [6.45, 7) is 0. The highest BCUT2D eigenvalue weighted by molar-refractivity contribution is 6.26. The number of fused-ring (bicyclic) bond motifs is 9. The van der Waals surface area contributed by atoms with E-state index < -0.39 is 0 Å². The Morgan fingerprint density at radius 3 is 1.74 bits per heavy atom. The van der Waals surface area contributed by atoms with Crippen molar-refractivity contribution in [2.24, 2.45) is 0 Å². The van der Waals surface area contributed by atoms with Crippen molar-refractivity contribution in [3.05, 3.63) is 206 Å². The third-order valence-corrected chi connectivity index (χ3v) is 11.7. The molecule has 3 heterocycles. The molecule has 270 valence electrons. The quantitative estimate of drug-likeness (QED) is 0.176. The van der Waals surface area contributed by atoms with Crippen LogP contribution in [-0.2, 0) is 0 Å². The number of para-hydroxylation sites is 2. The van der Waals surface area contributed by atoms with Gasteiger partial charge in [-0.2, -0.15) is 0 Å². The number of benzene rings is 9. The lowest BCUT2D eigenvalue weighted by atomic mass is 10.0. The van der Waals surface area contributed by atoms with Crippen LogP contribution >= 0.6 is 0 Å². The van der Waals surface area contributed by atoms with Crippen molar-refractivity contribution in [1.29, 1.82) is 0 Å². The second-order valence-corrected chi connectivity index (χ2v) is 15.0. The van der Waals surface area contributed by atoms with Gasteiger partial charge >= 0.3 is 0 Å². The van der Waals surface area contributed by atoms with E-state index in [9.17, 15) is 0 Å². The Hall–Kier alpha value is -7.82. The molecule has 0 saturated heterocycles. The fourth-order valence-electron chi connectivity index (χ4n) is 9.12. The van der Waals surface area contributed by atoms with Gasteiger partial charge in [-0.3, -0.25) is 0 Å². The van der Waals surface area contributed by atoms with E-state index in [1.807, 2.05) is 6.07 Å². The van der Waals surface area contributed by atoms with Gasteiger partial charge in [0, 0.05) is 49.3 Å². The topological polar surface area (TPSA) is 35.6 Å². The summed E-state index contributed by atoms with van der Waals surface area (Å²) in [4.78, 5) is 10.4. The van der Waals surface area contributed by atoms with Crippen molar-refractivity contribution in [3.63, 3.8) is 0 Å². The van der Waals surface area contributed by atoms with E-state index in [2.05, 4.69) is 209 Å². The molecule has 0 aliphatic carbocycles. The zero-order valence-corrected chi connectivity index (χ0v) is 31.4. The van der Waals surface area contributed by atoms with Crippen LogP contribution in [-0.4, -0.2) is 19.1 Å². The van der Waals surface area contributed by atoms with Crippen LogP contribution in [0.3, 0.4) is 0 Å². The second kappa shape index (κ2) is 12.9. The van der Waals surface area contributed by atoms with Gasteiger partial charge in [-0.1, -0.05) is 152 Å². The Balaban J connectivity index is 1.08. The lowest BCUT2D eigenvalue weighted by molar-refractivity contribution is 1.17. The van der Waals surface area contributed by atoms with Crippen molar-refractivity contribution in [2.45, 2.75) is 0 Å². The fourth-order valence-corrected chi connectivity index (χ4v) is 9.12. The average molecular weight is 739 g/mol. The Bertz CT molecular complexity index is 3550. The minimum atomic E-state index is 0.693. The van der Waals surface area contributed by atoms with Crippen LogP contribution in [0.1, 0.15) is 0 Å². The van der Waals surface area contributed by atoms with Crippen LogP contribution in [0, 0.1) is 0 Å². The molecule has 9 aromatic carbocycles. The molecule has 0 unspecified atom stereocenters. The monoisotopic (exact) mass is 738 g/mol. The van der Waals surface area contributed by atoms with Crippen LogP contribution in [0.2, 0.25) is 0 Å². The van der Waals surface area contributed by atoms with Gasteiger partial charge in [0.25, 0.3) is 0 Å². The van der Waals surface area contributed by atoms with Gasteiger partial charge in [-0.25, -0.2) is 9.97 Å². The van der Waals surface area contributed by atoms with Crippen molar-refractivity contribution in [1.82, 2.24) is 19.1 Å². The highest BCUT2D eigenvalue weighted by Crippen LogP contribution is 2.43. The molecule has 0 aliphatic heterocycles. The highest BCUT2D eigenvalue weighted by atomic mass is 15.0. The predicted octanol–water partition coefficient (Wildman–Crippen LogP) is 14.0. The molecule has 0 N–H and O–H groups in total. The van der Waals surface area contributed by atoms with Crippen LogP contribution < -0.4 is 0 Å². The number of rotatable bonds is 5. The lowest BCUT2D eigenvalue weighted by Gasteiger charge is -2.13. The van der Waals surface area contributed by atoms with E-state index >= 15 is 0 Å². The largest absolute Gasteiger partial charge is 0.309 e. The summed E-state index contributed by atoms with van der Waals surface area (Å²) in [6, 6.07) is 73.7. The number of nitrogens with zero attached hydrogens (tertiary/aromatic N) is 4. The maximum atomic E-state index is 5.25. The molecule has 0 radical (unpaired) electrons. The van der Waals surface area contributed by atoms with Crippen LogP contribution in [0.5, 0.6) is 0 Å². The molecule has 4 nitrogen and oxygen atoms in total. The Kier molecular flexibility index (Phi) is 7.20. The van der Waals surface area contributed by atoms with E-state index in [0.29, 0.717) is 5.82 Å². The fraction of sp³-hybridized carbons (Fsp3) is 0. The molecule has 12 aromatic rings. The molecule has 58 heavy (non-hydrogen) atoms. The first-order valence-electron chi connectivity index (χ1n) is 19.8. The van der Waals surface area contributed by atoms with Crippen LogP contribution in [0.15, 0.2) is 206 Å². The molecule has 0 aliphatic rings. The van der Waals surface area contributed by atoms with E-state index in [1.165, 1.54) is 70.8 Å². The van der Waals surface area contributed by atoms with Gasteiger partial charge in [0.05, 0.1) is 39.1 Å². The minimum Gasteiger partial charge on any atom is -0.309 e. The van der Waals surface area contributed by atoms with Crippen LogP contribution in [0.4, 0.5) is 0 Å². The molecule has 0 fully saturated rings. The van der Waals surface area contributed by atoms with Gasteiger partial charge in [0.2, 0.25) is 0 Å². The van der Waals surface area contributed by atoms with Gasteiger partial charge in [0.1, 0.15) is 0 Å². The smallest absolute Gasteiger partial charge is 0.160 e. The zero-order valence-electron chi connectivity index (χ0n) is 31.4. The van der Waals surface area contributed by atoms with E-state index in [4.69, 9.17) is 9.97 Å². The number of hydrogen-bond acceptors (Lipinski definition) is 2. The van der Waals surface area contributed by atoms with Crippen molar-refractivity contribution in [3.8, 4) is 45.3 Å². The SMILES string of the molecule is c1ccc(-c2cc(-c3cccc4ccccc34)nc(-c3ccc(-n4c5ccccc5c5ccc6c(c7ccccc7n6-c6cccc7ccccc67)c54)cc3)n2)cc1. The van der Waals surface area contributed by atoms with E-state index in [0.717, 1.165) is 33.8 Å². The lowest BCUT2D eigenvalue weighted by Crippen LogP contribution is -1.98. The summed E-state index contributed by atoms with van der Waals surface area (Å²) in [5, 5.41) is 9.73. The summed E-state index contributed by atoms with van der Waals surface area (Å²) in [5.41, 5.74) is 11.9. The number of aromatic nitrogens is 4. The first kappa shape index (κ1) is 32.4. The van der Waals surface area contributed by atoms with E-state index in [1.54, 1.807) is 0 Å². The van der Waals surface area contributed by atoms with Crippen molar-refractivity contribution < 1.29 is 0 Å². The van der Waals surface area contributed by atoms with Crippen molar-refractivity contribution >= 4 is 65.2 Å². The summed E-state index contributed by atoms with van der Waals surface area (Å²) in [6.07, 6.45) is 0. The van der Waals surface area contributed by atoms with E-state index in [-0.39, 0.29) is 0 Å². The average Bonchev–Trinajstić information content (AvgIpc) is 3.82. The maximum absolute atomic E-state index is 5.25. The Labute approximate surface area is 334 Å². The molecule has 0 amide bonds. The molecule has 0 bridgehead atoms. The van der Waals surface area contributed by atoms with Gasteiger partial charge in [-0.15, -0.1) is 0 Å². The molecule has 0 saturated carbocycles. The first-order valence-corrected chi connectivity index (χ1v) is 19.8. The molecular weight excluding hydrogens is 705 g/mol. The normalized spacial score (nSPS) is 11.8. The Morgan fingerprint density at radius 2 is 0.948 bits per heavy atom. The van der Waals surface area contributed by atoms with Crippen molar-refractivity contribution in [2.75, 3.05) is 0 Å². The predicted molar refractivity (Wildman–Crippen MR) is 242 cm³/mol. The van der Waals surface area contributed by atoms with Gasteiger partial charge in [0.15, 0.2) is 5.82 Å². The number of hydrogen-bond donors (Lipinski definition) is 0. The third kappa shape index (κ3) is 4.95. The summed E-state index contributed by atoms with van der Waals surface area (Å²) in [5.74, 6) is 0.693. The molecule has 12 rings (SSSR count).